The molecule has 2 saturated heterocycles. The second kappa shape index (κ2) is 12.4. The average molecular weight is 597 g/mol. The number of hydrogen-bond donors (Lipinski definition) is 2. The lowest BCUT2D eigenvalue weighted by Gasteiger charge is -2.40. The summed E-state index contributed by atoms with van der Waals surface area (Å²) >= 11 is 0. The molecule has 0 atom stereocenters. The number of amides is 1. The van der Waals surface area contributed by atoms with Crippen molar-refractivity contribution in [2.24, 2.45) is 0 Å². The molecule has 228 valence electrons. The summed E-state index contributed by atoms with van der Waals surface area (Å²) < 4.78 is 52.8. The normalized spacial score (nSPS) is 18.0. The first-order valence-electron chi connectivity index (χ1n) is 14.6. The van der Waals surface area contributed by atoms with E-state index in [2.05, 4.69) is 30.4 Å². The van der Waals surface area contributed by atoms with Gasteiger partial charge in [0.15, 0.2) is 0 Å². The number of piperidine rings is 1. The lowest BCUT2D eigenvalue weighted by atomic mass is 9.98. The zero-order valence-electron chi connectivity index (χ0n) is 24.0. The van der Waals surface area contributed by atoms with E-state index in [0.717, 1.165) is 75.2 Å². The third kappa shape index (κ3) is 6.54. The molecule has 0 bridgehead atoms. The van der Waals surface area contributed by atoms with Gasteiger partial charge in [-0.3, -0.25) is 9.69 Å². The Labute approximate surface area is 248 Å². The monoisotopic (exact) mass is 596 g/mol. The highest BCUT2D eigenvalue weighted by atomic mass is 19.4. The van der Waals surface area contributed by atoms with Crippen LogP contribution in [0.15, 0.2) is 42.6 Å². The van der Waals surface area contributed by atoms with Crippen molar-refractivity contribution in [1.82, 2.24) is 14.9 Å². The summed E-state index contributed by atoms with van der Waals surface area (Å²) in [5.41, 5.74) is 2.96. The fraction of sp³-hybridized carbons (Fsp3) is 0.452. The van der Waals surface area contributed by atoms with Crippen LogP contribution in [0, 0.1) is 0 Å². The number of alkyl halides is 3. The van der Waals surface area contributed by atoms with Crippen molar-refractivity contribution in [3.05, 3.63) is 65.0 Å². The first-order valence-corrected chi connectivity index (χ1v) is 14.6. The van der Waals surface area contributed by atoms with Crippen molar-refractivity contribution in [2.45, 2.75) is 44.3 Å². The lowest BCUT2D eigenvalue weighted by Crippen LogP contribution is -2.49. The Bertz CT molecular complexity index is 1470. The van der Waals surface area contributed by atoms with Gasteiger partial charge < -0.3 is 25.0 Å². The van der Waals surface area contributed by atoms with Gasteiger partial charge in [0.1, 0.15) is 5.75 Å². The van der Waals surface area contributed by atoms with Crippen molar-refractivity contribution < 1.29 is 27.4 Å². The number of ether oxygens (including phenoxy) is 2. The van der Waals surface area contributed by atoms with Gasteiger partial charge in [0.2, 0.25) is 11.9 Å². The number of aryl methyl sites for hydroxylation is 2. The Kier molecular flexibility index (Phi) is 8.40. The molecule has 1 aromatic heterocycles. The smallest absolute Gasteiger partial charge is 0.419 e. The molecule has 1 amide bonds. The van der Waals surface area contributed by atoms with Crippen molar-refractivity contribution in [1.29, 1.82) is 0 Å². The summed E-state index contributed by atoms with van der Waals surface area (Å²) in [6.45, 7) is 5.42. The Morgan fingerprint density at radius 3 is 2.63 bits per heavy atom. The maximum atomic E-state index is 13.9. The second-order valence-electron chi connectivity index (χ2n) is 11.1. The zero-order valence-corrected chi connectivity index (χ0v) is 24.0. The average Bonchev–Trinajstić information content (AvgIpc) is 3.41. The predicted molar refractivity (Wildman–Crippen MR) is 157 cm³/mol. The number of fused-ring (bicyclic) bond motifs is 1. The molecule has 4 heterocycles. The Balaban J connectivity index is 1.16. The first-order chi connectivity index (χ1) is 20.8. The van der Waals surface area contributed by atoms with E-state index in [1.807, 2.05) is 24.3 Å². The van der Waals surface area contributed by atoms with Gasteiger partial charge in [-0.25, -0.2) is 9.97 Å². The summed E-state index contributed by atoms with van der Waals surface area (Å²) in [6.07, 6.45) is -1.07. The number of carbonyl (C=O) groups excluding carboxylic acids is 1. The molecule has 9 nitrogen and oxygen atoms in total. The molecule has 3 aliphatic heterocycles. The molecule has 2 aromatic carbocycles. The molecule has 3 aliphatic rings. The number of halogens is 3. The molecule has 2 N–H and O–H groups in total. The Hall–Kier alpha value is -3.90. The molecule has 43 heavy (non-hydrogen) atoms. The highest BCUT2D eigenvalue weighted by molar-refractivity contribution is 5.99. The van der Waals surface area contributed by atoms with E-state index in [0.29, 0.717) is 29.6 Å². The SMILES string of the molecule is COc1cc(N2CCC(N3CCOCC3)CC2)ccc1Nc1ncc(C(F)(F)F)c(CCc2cccc3c2CC(=O)N3)n1. The van der Waals surface area contributed by atoms with Crippen LogP contribution < -0.4 is 20.3 Å². The van der Waals surface area contributed by atoms with Crippen LogP contribution in [-0.4, -0.2) is 73.3 Å². The predicted octanol–water partition coefficient (Wildman–Crippen LogP) is 4.83. The van der Waals surface area contributed by atoms with Crippen LogP contribution in [0.3, 0.4) is 0 Å². The maximum absolute atomic E-state index is 13.9. The highest BCUT2D eigenvalue weighted by Gasteiger charge is 2.35. The highest BCUT2D eigenvalue weighted by Crippen LogP contribution is 2.36. The van der Waals surface area contributed by atoms with Gasteiger partial charge in [-0.15, -0.1) is 0 Å². The minimum atomic E-state index is -4.60. The van der Waals surface area contributed by atoms with E-state index in [1.165, 1.54) is 0 Å². The topological polar surface area (TPSA) is 91.9 Å². The van der Waals surface area contributed by atoms with Crippen molar-refractivity contribution in [2.75, 3.05) is 62.0 Å². The molecule has 3 aromatic rings. The van der Waals surface area contributed by atoms with Gasteiger partial charge in [-0.1, -0.05) is 12.1 Å². The second-order valence-corrected chi connectivity index (χ2v) is 11.1. The minimum Gasteiger partial charge on any atom is -0.494 e. The van der Waals surface area contributed by atoms with Gasteiger partial charge in [-0.2, -0.15) is 13.2 Å². The van der Waals surface area contributed by atoms with E-state index in [-0.39, 0.29) is 30.4 Å². The fourth-order valence-electron chi connectivity index (χ4n) is 6.24. The van der Waals surface area contributed by atoms with Crippen molar-refractivity contribution in [3.8, 4) is 5.75 Å². The number of anilines is 4. The van der Waals surface area contributed by atoms with Crippen LogP contribution in [0.2, 0.25) is 0 Å². The molecule has 0 unspecified atom stereocenters. The lowest BCUT2D eigenvalue weighted by molar-refractivity contribution is -0.138. The molecular formula is C31H35F3N6O3. The van der Waals surface area contributed by atoms with Gasteiger partial charge in [0, 0.05) is 55.9 Å². The maximum Gasteiger partial charge on any atom is 0.419 e. The molecule has 0 spiro atoms. The summed E-state index contributed by atoms with van der Waals surface area (Å²) in [7, 11) is 1.56. The number of carbonyl (C=O) groups is 1. The van der Waals surface area contributed by atoms with E-state index in [4.69, 9.17) is 9.47 Å². The van der Waals surface area contributed by atoms with Gasteiger partial charge in [0.25, 0.3) is 0 Å². The summed E-state index contributed by atoms with van der Waals surface area (Å²) in [5, 5.41) is 5.85. The van der Waals surface area contributed by atoms with Crippen molar-refractivity contribution >= 4 is 28.9 Å². The van der Waals surface area contributed by atoms with Gasteiger partial charge in [0.05, 0.1) is 43.7 Å². The third-order valence-corrected chi connectivity index (χ3v) is 8.51. The molecule has 0 aliphatic carbocycles. The molecule has 0 saturated carbocycles. The van der Waals surface area contributed by atoms with Crippen LogP contribution >= 0.6 is 0 Å². The number of morpholine rings is 1. The molecule has 2 fully saturated rings. The summed E-state index contributed by atoms with van der Waals surface area (Å²) in [4.78, 5) is 25.0. The number of methoxy groups -OCH3 is 1. The summed E-state index contributed by atoms with van der Waals surface area (Å²) in [5.74, 6) is 0.481. The first kappa shape index (κ1) is 29.2. The minimum absolute atomic E-state index is 0.0349. The van der Waals surface area contributed by atoms with E-state index in [1.54, 1.807) is 19.2 Å². The van der Waals surface area contributed by atoms with Crippen LogP contribution in [0.5, 0.6) is 5.75 Å². The van der Waals surface area contributed by atoms with Crippen molar-refractivity contribution in [3.63, 3.8) is 0 Å². The van der Waals surface area contributed by atoms with E-state index < -0.39 is 11.7 Å². The Morgan fingerprint density at radius 1 is 1.09 bits per heavy atom. The fourth-order valence-corrected chi connectivity index (χ4v) is 6.24. The number of nitrogens with zero attached hydrogens (tertiary/aromatic N) is 4. The van der Waals surface area contributed by atoms with Crippen LogP contribution in [0.4, 0.5) is 36.2 Å². The molecular weight excluding hydrogens is 561 g/mol. The van der Waals surface area contributed by atoms with Crippen LogP contribution in [-0.2, 0) is 35.0 Å². The number of hydrogen-bond acceptors (Lipinski definition) is 8. The molecule has 0 radical (unpaired) electrons. The molecule has 12 heteroatoms. The number of nitrogens with one attached hydrogen (secondary N) is 2. The summed E-state index contributed by atoms with van der Waals surface area (Å²) in [6, 6.07) is 11.8. The van der Waals surface area contributed by atoms with Gasteiger partial charge in [-0.05, 0) is 55.0 Å². The number of aromatic nitrogens is 2. The zero-order chi connectivity index (χ0) is 30.0. The van der Waals surface area contributed by atoms with Crippen LogP contribution in [0.1, 0.15) is 35.2 Å². The largest absolute Gasteiger partial charge is 0.494 e. The van der Waals surface area contributed by atoms with E-state index >= 15 is 0 Å². The quantitative estimate of drug-likeness (QED) is 0.382. The standard InChI is InChI=1S/C31H35F3N6O3/c1-42-28-17-22(39-11-9-21(10-12-39)40-13-15-43-16-14-40)6-8-27(28)38-30-35-19-24(31(32,33)34)26(37-30)7-5-20-3-2-4-25-23(20)18-29(41)36-25/h2-4,6,8,17,19,21H,5,7,9-16,18H2,1H3,(H,36,41)(H,35,37,38). The Morgan fingerprint density at radius 2 is 1.88 bits per heavy atom. The third-order valence-electron chi connectivity index (χ3n) is 8.51. The number of rotatable bonds is 8. The number of benzene rings is 2. The van der Waals surface area contributed by atoms with E-state index in [9.17, 15) is 18.0 Å². The van der Waals surface area contributed by atoms with Gasteiger partial charge >= 0.3 is 6.18 Å². The molecule has 6 rings (SSSR count). The van der Waals surface area contributed by atoms with Crippen LogP contribution in [0.25, 0.3) is 0 Å².